The zero-order valence-electron chi connectivity index (χ0n) is 14.6. The van der Waals surface area contributed by atoms with Gasteiger partial charge in [0, 0.05) is 32.7 Å². The van der Waals surface area contributed by atoms with Crippen LogP contribution in [0.25, 0.3) is 5.65 Å². The van der Waals surface area contributed by atoms with Crippen LogP contribution in [0.1, 0.15) is 41.3 Å². The number of rotatable bonds is 7. The molecule has 25 heavy (non-hydrogen) atoms. The van der Waals surface area contributed by atoms with Crippen LogP contribution in [-0.4, -0.2) is 43.8 Å². The summed E-state index contributed by atoms with van der Waals surface area (Å²) in [4.78, 5) is 16.9. The standard InChI is InChI=1S/C17H22N6O2/c1-12-5-7-22-10-14(20-15(22)9-12)17(24)19-13(2)16-21-18-11-23(16)6-4-8-25-3/h5,7,9-11,13H,4,6,8H2,1-3H3,(H,19,24)/t13-/m0/s1. The smallest absolute Gasteiger partial charge is 0.272 e. The van der Waals surface area contributed by atoms with E-state index >= 15 is 0 Å². The van der Waals surface area contributed by atoms with E-state index in [1.54, 1.807) is 19.6 Å². The van der Waals surface area contributed by atoms with Gasteiger partial charge in [0.15, 0.2) is 5.82 Å². The number of nitrogens with zero attached hydrogens (tertiary/aromatic N) is 5. The van der Waals surface area contributed by atoms with Gasteiger partial charge in [0.1, 0.15) is 17.7 Å². The minimum atomic E-state index is -0.274. The lowest BCUT2D eigenvalue weighted by Gasteiger charge is -2.14. The van der Waals surface area contributed by atoms with Gasteiger partial charge in [-0.05, 0) is 38.0 Å². The molecular weight excluding hydrogens is 320 g/mol. The molecule has 8 nitrogen and oxygen atoms in total. The van der Waals surface area contributed by atoms with E-state index in [9.17, 15) is 4.79 Å². The van der Waals surface area contributed by atoms with E-state index in [0.29, 0.717) is 18.1 Å². The topological polar surface area (TPSA) is 86.3 Å². The number of pyridine rings is 1. The summed E-state index contributed by atoms with van der Waals surface area (Å²) in [5.74, 6) is 0.476. The molecule has 0 saturated heterocycles. The van der Waals surface area contributed by atoms with Gasteiger partial charge in [-0.3, -0.25) is 4.79 Å². The molecule has 3 heterocycles. The summed E-state index contributed by atoms with van der Waals surface area (Å²) in [5, 5.41) is 11.0. The van der Waals surface area contributed by atoms with Gasteiger partial charge in [0.2, 0.25) is 0 Å². The summed E-state index contributed by atoms with van der Waals surface area (Å²) in [7, 11) is 1.67. The predicted molar refractivity (Wildman–Crippen MR) is 92.3 cm³/mol. The monoisotopic (exact) mass is 342 g/mol. The lowest BCUT2D eigenvalue weighted by molar-refractivity contribution is 0.0933. The molecule has 0 aromatic carbocycles. The first-order valence-corrected chi connectivity index (χ1v) is 8.21. The summed E-state index contributed by atoms with van der Waals surface area (Å²) < 4.78 is 8.83. The first-order valence-electron chi connectivity index (χ1n) is 8.21. The molecular formula is C17H22N6O2. The molecule has 0 aliphatic rings. The Morgan fingerprint density at radius 3 is 3.08 bits per heavy atom. The number of carbonyl (C=O) groups is 1. The molecule has 0 fully saturated rings. The van der Waals surface area contributed by atoms with Crippen LogP contribution in [0.5, 0.6) is 0 Å². The van der Waals surface area contributed by atoms with Crippen molar-refractivity contribution in [2.75, 3.05) is 13.7 Å². The van der Waals surface area contributed by atoms with E-state index in [0.717, 1.165) is 24.2 Å². The summed E-state index contributed by atoms with van der Waals surface area (Å²) in [6.07, 6.45) is 6.14. The number of fused-ring (bicyclic) bond motifs is 1. The average Bonchev–Trinajstić information content (AvgIpc) is 3.21. The molecule has 0 bridgehead atoms. The van der Waals surface area contributed by atoms with Crippen molar-refractivity contribution in [2.24, 2.45) is 0 Å². The Morgan fingerprint density at radius 1 is 1.44 bits per heavy atom. The predicted octanol–water partition coefficient (Wildman–Crippen LogP) is 1.76. The molecule has 1 N–H and O–H groups in total. The fourth-order valence-electron chi connectivity index (χ4n) is 2.68. The number of amides is 1. The van der Waals surface area contributed by atoms with Crippen LogP contribution >= 0.6 is 0 Å². The molecule has 0 spiro atoms. The minimum Gasteiger partial charge on any atom is -0.385 e. The number of hydrogen-bond donors (Lipinski definition) is 1. The third-order valence-electron chi connectivity index (χ3n) is 3.98. The van der Waals surface area contributed by atoms with Crippen LogP contribution in [-0.2, 0) is 11.3 Å². The molecule has 1 atom stereocenters. The van der Waals surface area contributed by atoms with Gasteiger partial charge < -0.3 is 19.0 Å². The maximum absolute atomic E-state index is 12.5. The second kappa shape index (κ2) is 7.43. The van der Waals surface area contributed by atoms with Gasteiger partial charge in [-0.25, -0.2) is 4.98 Å². The maximum atomic E-state index is 12.5. The summed E-state index contributed by atoms with van der Waals surface area (Å²) in [5.41, 5.74) is 2.23. The Morgan fingerprint density at radius 2 is 2.28 bits per heavy atom. The van der Waals surface area contributed by atoms with Crippen LogP contribution in [0.2, 0.25) is 0 Å². The number of hydrogen-bond acceptors (Lipinski definition) is 5. The van der Waals surface area contributed by atoms with E-state index < -0.39 is 0 Å². The lowest BCUT2D eigenvalue weighted by atomic mass is 10.3. The number of carbonyl (C=O) groups excluding carboxylic acids is 1. The first-order chi connectivity index (χ1) is 12.1. The van der Waals surface area contributed by atoms with Crippen LogP contribution in [0.4, 0.5) is 0 Å². The molecule has 0 saturated carbocycles. The number of nitrogens with one attached hydrogen (secondary N) is 1. The van der Waals surface area contributed by atoms with Gasteiger partial charge in [0.05, 0.1) is 6.04 Å². The Balaban J connectivity index is 1.70. The molecule has 3 aromatic heterocycles. The zero-order valence-corrected chi connectivity index (χ0v) is 14.6. The van der Waals surface area contributed by atoms with Gasteiger partial charge in [-0.1, -0.05) is 0 Å². The summed E-state index contributed by atoms with van der Waals surface area (Å²) >= 11 is 0. The van der Waals surface area contributed by atoms with Crippen LogP contribution < -0.4 is 5.32 Å². The third kappa shape index (κ3) is 3.85. The first kappa shape index (κ1) is 17.1. The molecule has 132 valence electrons. The highest BCUT2D eigenvalue weighted by Crippen LogP contribution is 2.12. The number of methoxy groups -OCH3 is 1. The molecule has 8 heteroatoms. The largest absolute Gasteiger partial charge is 0.385 e. The van der Waals surface area contributed by atoms with E-state index in [4.69, 9.17) is 4.74 Å². The van der Waals surface area contributed by atoms with E-state index in [2.05, 4.69) is 20.5 Å². The Hall–Kier alpha value is -2.74. The molecule has 0 aliphatic carbocycles. The van der Waals surface area contributed by atoms with Crippen molar-refractivity contribution in [2.45, 2.75) is 32.9 Å². The third-order valence-corrected chi connectivity index (χ3v) is 3.98. The van der Waals surface area contributed by atoms with Crippen molar-refractivity contribution < 1.29 is 9.53 Å². The molecule has 3 rings (SSSR count). The molecule has 0 unspecified atom stereocenters. The fourth-order valence-corrected chi connectivity index (χ4v) is 2.68. The normalized spacial score (nSPS) is 12.4. The quantitative estimate of drug-likeness (QED) is 0.661. The Bertz CT molecular complexity index is 869. The van der Waals surface area contributed by atoms with Crippen LogP contribution in [0, 0.1) is 6.92 Å². The van der Waals surface area contributed by atoms with Crippen molar-refractivity contribution in [3.8, 4) is 0 Å². The highest BCUT2D eigenvalue weighted by molar-refractivity contribution is 5.93. The number of aryl methyl sites for hydroxylation is 2. The second-order valence-electron chi connectivity index (χ2n) is 6.02. The van der Waals surface area contributed by atoms with Crippen LogP contribution in [0.3, 0.4) is 0 Å². The maximum Gasteiger partial charge on any atom is 0.272 e. The highest BCUT2D eigenvalue weighted by atomic mass is 16.5. The van der Waals surface area contributed by atoms with Crippen molar-refractivity contribution in [1.82, 2.24) is 29.5 Å². The molecule has 3 aromatic rings. The van der Waals surface area contributed by atoms with Crippen molar-refractivity contribution >= 4 is 11.6 Å². The van der Waals surface area contributed by atoms with Gasteiger partial charge in [-0.2, -0.15) is 0 Å². The minimum absolute atomic E-state index is 0.236. The fraction of sp³-hybridized carbons (Fsp3) is 0.412. The number of ether oxygens (including phenoxy) is 1. The van der Waals surface area contributed by atoms with Crippen molar-refractivity contribution in [1.29, 1.82) is 0 Å². The summed E-state index contributed by atoms with van der Waals surface area (Å²) in [6, 6.07) is 3.64. The van der Waals surface area contributed by atoms with Gasteiger partial charge in [-0.15, -0.1) is 10.2 Å². The van der Waals surface area contributed by atoms with Gasteiger partial charge in [0.25, 0.3) is 5.91 Å². The lowest BCUT2D eigenvalue weighted by Crippen LogP contribution is -2.29. The van der Waals surface area contributed by atoms with E-state index in [1.165, 1.54) is 0 Å². The second-order valence-corrected chi connectivity index (χ2v) is 6.02. The highest BCUT2D eigenvalue weighted by Gasteiger charge is 2.18. The van der Waals surface area contributed by atoms with E-state index in [-0.39, 0.29) is 11.9 Å². The van der Waals surface area contributed by atoms with Crippen molar-refractivity contribution in [3.63, 3.8) is 0 Å². The van der Waals surface area contributed by atoms with Gasteiger partial charge >= 0.3 is 0 Å². The molecule has 1 amide bonds. The Kier molecular flexibility index (Phi) is 5.08. The Labute approximate surface area is 145 Å². The number of aromatic nitrogens is 5. The zero-order chi connectivity index (χ0) is 17.8. The van der Waals surface area contributed by atoms with Crippen LogP contribution in [0.15, 0.2) is 30.9 Å². The SMILES string of the molecule is COCCCn1cnnc1[C@H](C)NC(=O)c1cn2ccc(C)cc2n1. The average molecular weight is 342 g/mol. The molecule has 0 aliphatic heterocycles. The van der Waals surface area contributed by atoms with E-state index in [1.807, 2.05) is 41.1 Å². The number of imidazole rings is 1. The summed E-state index contributed by atoms with van der Waals surface area (Å²) in [6.45, 7) is 5.28. The van der Waals surface area contributed by atoms with Crippen molar-refractivity contribution in [3.05, 3.63) is 47.9 Å². The molecule has 0 radical (unpaired) electrons.